The van der Waals surface area contributed by atoms with Crippen LogP contribution < -0.4 is 25.6 Å². The van der Waals surface area contributed by atoms with E-state index in [1.807, 2.05) is 39.0 Å². The van der Waals surface area contributed by atoms with E-state index in [-0.39, 0.29) is 13.0 Å². The zero-order chi connectivity index (χ0) is 29.4. The minimum atomic E-state index is -1.70. The van der Waals surface area contributed by atoms with Gasteiger partial charge in [0.15, 0.2) is 11.8 Å². The van der Waals surface area contributed by atoms with Crippen molar-refractivity contribution in [3.05, 3.63) is 83.9 Å². The van der Waals surface area contributed by atoms with Gasteiger partial charge in [-0.2, -0.15) is 0 Å². The Labute approximate surface area is 240 Å². The molecule has 0 radical (unpaired) electrons. The molecule has 0 spiro atoms. The molecule has 1 aliphatic rings. The van der Waals surface area contributed by atoms with Gasteiger partial charge in [0, 0.05) is 36.2 Å². The normalized spacial score (nSPS) is 15.9. The third-order valence-electron chi connectivity index (χ3n) is 6.68. The number of ether oxygens (including phenoxy) is 3. The number of anilines is 3. The molecule has 41 heavy (non-hydrogen) atoms. The number of benzene rings is 3. The fourth-order valence-corrected chi connectivity index (χ4v) is 4.94. The Morgan fingerprint density at radius 1 is 0.902 bits per heavy atom. The van der Waals surface area contributed by atoms with E-state index in [9.17, 15) is 14.4 Å². The third-order valence-corrected chi connectivity index (χ3v) is 6.68. The molecule has 1 aliphatic heterocycles. The van der Waals surface area contributed by atoms with Gasteiger partial charge in [-0.05, 0) is 56.7 Å². The second-order valence-corrected chi connectivity index (χ2v) is 9.58. The van der Waals surface area contributed by atoms with Crippen LogP contribution in [0.1, 0.15) is 31.4 Å². The molecule has 0 bridgehead atoms. The highest BCUT2D eigenvalue weighted by Gasteiger charge is 2.53. The van der Waals surface area contributed by atoms with Crippen LogP contribution in [-0.4, -0.2) is 51.0 Å². The predicted molar refractivity (Wildman–Crippen MR) is 157 cm³/mol. The van der Waals surface area contributed by atoms with Gasteiger partial charge in [-0.3, -0.25) is 9.59 Å². The van der Waals surface area contributed by atoms with Crippen LogP contribution in [0, 0.1) is 6.92 Å². The van der Waals surface area contributed by atoms with Crippen molar-refractivity contribution in [2.75, 3.05) is 42.4 Å². The Morgan fingerprint density at radius 2 is 1.59 bits per heavy atom. The summed E-state index contributed by atoms with van der Waals surface area (Å²) < 4.78 is 16.7. The van der Waals surface area contributed by atoms with Crippen molar-refractivity contribution in [2.24, 2.45) is 0 Å². The van der Waals surface area contributed by atoms with E-state index in [2.05, 4.69) is 16.0 Å². The third kappa shape index (κ3) is 6.85. The van der Waals surface area contributed by atoms with Crippen molar-refractivity contribution >= 4 is 34.9 Å². The molecule has 10 nitrogen and oxygen atoms in total. The summed E-state index contributed by atoms with van der Waals surface area (Å²) in [6.07, 6.45) is -1.03. The lowest BCUT2D eigenvalue weighted by Crippen LogP contribution is -2.56. The second-order valence-electron chi connectivity index (χ2n) is 9.58. The van der Waals surface area contributed by atoms with Crippen LogP contribution in [0.15, 0.2) is 72.8 Å². The number of aryl methyl sites for hydroxylation is 1. The van der Waals surface area contributed by atoms with Crippen LogP contribution in [0.2, 0.25) is 0 Å². The molecule has 3 aromatic carbocycles. The van der Waals surface area contributed by atoms with Crippen molar-refractivity contribution in [3.8, 4) is 5.75 Å². The number of rotatable bonds is 12. The number of hydrogen-bond donors (Lipinski definition) is 3. The number of fused-ring (bicyclic) bond motifs is 1. The van der Waals surface area contributed by atoms with Crippen molar-refractivity contribution in [3.63, 3.8) is 0 Å². The average molecular weight is 561 g/mol. The van der Waals surface area contributed by atoms with Gasteiger partial charge in [-0.15, -0.1) is 0 Å². The van der Waals surface area contributed by atoms with Crippen LogP contribution in [-0.2, 0) is 24.6 Å². The van der Waals surface area contributed by atoms with Gasteiger partial charge >= 0.3 is 6.03 Å². The molecule has 0 fully saturated rings. The first-order valence-electron chi connectivity index (χ1n) is 13.5. The van der Waals surface area contributed by atoms with Gasteiger partial charge < -0.3 is 35.1 Å². The Bertz CT molecular complexity index is 1390. The van der Waals surface area contributed by atoms with Gasteiger partial charge in [0.2, 0.25) is 5.91 Å². The van der Waals surface area contributed by atoms with Gasteiger partial charge in [-0.1, -0.05) is 36.4 Å². The first-order chi connectivity index (χ1) is 19.8. The lowest BCUT2D eigenvalue weighted by molar-refractivity contribution is -0.138. The Morgan fingerprint density at radius 3 is 2.27 bits per heavy atom. The van der Waals surface area contributed by atoms with E-state index in [4.69, 9.17) is 14.2 Å². The number of amides is 4. The van der Waals surface area contributed by atoms with Crippen molar-refractivity contribution < 1.29 is 28.6 Å². The van der Waals surface area contributed by atoms with E-state index in [1.165, 1.54) is 12.0 Å². The molecule has 4 amide bonds. The molecule has 0 aliphatic carbocycles. The summed E-state index contributed by atoms with van der Waals surface area (Å²) >= 11 is 0. The lowest BCUT2D eigenvalue weighted by atomic mass is 9.87. The number of methoxy groups -OCH3 is 1. The van der Waals surface area contributed by atoms with Crippen molar-refractivity contribution in [1.82, 2.24) is 5.32 Å². The maximum absolute atomic E-state index is 14.3. The Kier molecular flexibility index (Phi) is 9.59. The standard InChI is InChI=1S/C31H36N4O6/c1-5-40-28(41-6-2)20-35-26-16-8-7-15-25(26)31(29(35)37,19-27(36)32-22-12-9-11-21(3)17-22)34-30(38)33-23-13-10-14-24(18-23)39-4/h7-18,28H,5-6,19-20H2,1-4H3,(H,32,36)(H2,33,34,38). The molecule has 3 aromatic rings. The highest BCUT2D eigenvalue weighted by atomic mass is 16.7. The summed E-state index contributed by atoms with van der Waals surface area (Å²) in [5.41, 5.74) is 1.39. The fourth-order valence-electron chi connectivity index (χ4n) is 4.94. The zero-order valence-corrected chi connectivity index (χ0v) is 23.7. The smallest absolute Gasteiger partial charge is 0.320 e. The monoisotopic (exact) mass is 560 g/mol. The summed E-state index contributed by atoms with van der Waals surface area (Å²) in [7, 11) is 1.53. The maximum Gasteiger partial charge on any atom is 0.320 e. The molecule has 216 valence electrons. The first kappa shape index (κ1) is 29.6. The number of nitrogens with one attached hydrogen (secondary N) is 3. The minimum Gasteiger partial charge on any atom is -0.497 e. The molecular weight excluding hydrogens is 524 g/mol. The summed E-state index contributed by atoms with van der Waals surface area (Å²) in [6.45, 7) is 6.47. The second kappa shape index (κ2) is 13.3. The molecule has 10 heteroatoms. The van der Waals surface area contributed by atoms with Gasteiger partial charge in [0.1, 0.15) is 5.75 Å². The van der Waals surface area contributed by atoms with Crippen molar-refractivity contribution in [2.45, 2.75) is 39.0 Å². The molecule has 0 saturated carbocycles. The number of para-hydroxylation sites is 1. The largest absolute Gasteiger partial charge is 0.497 e. The van der Waals surface area contributed by atoms with Crippen LogP contribution >= 0.6 is 0 Å². The van der Waals surface area contributed by atoms with Crippen LogP contribution in [0.4, 0.5) is 21.9 Å². The first-order valence-corrected chi connectivity index (χ1v) is 13.5. The molecule has 3 N–H and O–H groups in total. The highest BCUT2D eigenvalue weighted by molar-refractivity contribution is 6.12. The van der Waals surface area contributed by atoms with E-state index in [1.54, 1.807) is 54.6 Å². The van der Waals surface area contributed by atoms with E-state index >= 15 is 0 Å². The van der Waals surface area contributed by atoms with E-state index < -0.39 is 29.7 Å². The fraction of sp³-hybridized carbons (Fsp3) is 0.323. The quantitative estimate of drug-likeness (QED) is 0.274. The number of carbonyl (C=O) groups excluding carboxylic acids is 3. The highest BCUT2D eigenvalue weighted by Crippen LogP contribution is 2.43. The number of hydrogen-bond acceptors (Lipinski definition) is 6. The molecule has 1 unspecified atom stereocenters. The summed E-state index contributed by atoms with van der Waals surface area (Å²) in [5, 5.41) is 8.49. The topological polar surface area (TPSA) is 118 Å². The maximum atomic E-state index is 14.3. The van der Waals surface area contributed by atoms with Crippen LogP contribution in [0.3, 0.4) is 0 Å². The van der Waals surface area contributed by atoms with Crippen LogP contribution in [0.25, 0.3) is 0 Å². The predicted octanol–water partition coefficient (Wildman–Crippen LogP) is 4.80. The van der Waals surface area contributed by atoms with Gasteiger partial charge in [0.25, 0.3) is 5.91 Å². The number of carbonyl (C=O) groups is 3. The SMILES string of the molecule is CCOC(CN1C(=O)C(CC(=O)Nc2cccc(C)c2)(NC(=O)Nc2cccc(OC)c2)c2ccccc21)OCC. The summed E-state index contributed by atoms with van der Waals surface area (Å²) in [5.74, 6) is -0.349. The zero-order valence-electron chi connectivity index (χ0n) is 23.7. The minimum absolute atomic E-state index is 0.0813. The molecule has 1 atom stereocenters. The van der Waals surface area contributed by atoms with Crippen LogP contribution in [0.5, 0.6) is 5.75 Å². The molecular formula is C31H36N4O6. The van der Waals surface area contributed by atoms with Gasteiger partial charge in [-0.25, -0.2) is 4.79 Å². The summed E-state index contributed by atoms with van der Waals surface area (Å²) in [6, 6.07) is 20.6. The molecule has 1 heterocycles. The number of nitrogens with zero attached hydrogens (tertiary/aromatic N) is 1. The molecule has 4 rings (SSSR count). The van der Waals surface area contributed by atoms with Gasteiger partial charge in [0.05, 0.1) is 25.8 Å². The summed E-state index contributed by atoms with van der Waals surface area (Å²) in [4.78, 5) is 42.8. The molecule has 0 saturated heterocycles. The average Bonchev–Trinajstić information content (AvgIpc) is 3.16. The van der Waals surface area contributed by atoms with Crippen molar-refractivity contribution in [1.29, 1.82) is 0 Å². The number of urea groups is 1. The Hall–Kier alpha value is -4.41. The molecule has 0 aromatic heterocycles. The lowest BCUT2D eigenvalue weighted by Gasteiger charge is -2.30. The van der Waals surface area contributed by atoms with E-state index in [0.29, 0.717) is 41.6 Å². The Balaban J connectivity index is 1.70. The van der Waals surface area contributed by atoms with E-state index in [0.717, 1.165) is 5.56 Å².